The van der Waals surface area contributed by atoms with Crippen LogP contribution in [0.25, 0.3) is 0 Å². The lowest BCUT2D eigenvalue weighted by molar-refractivity contribution is -0.124. The average Bonchev–Trinajstić information content (AvgIpc) is 2.36. The van der Waals surface area contributed by atoms with Gasteiger partial charge in [0.05, 0.1) is 5.60 Å². The fraction of sp³-hybridized carbons (Fsp3) is 0.588. The average molecular weight is 293 g/mol. The number of benzene rings is 1. The predicted molar refractivity (Wildman–Crippen MR) is 84.5 cm³/mol. The second-order valence-corrected chi connectivity index (χ2v) is 6.41. The number of rotatable bonds is 7. The van der Waals surface area contributed by atoms with E-state index in [1.54, 1.807) is 6.92 Å². The molecule has 1 aromatic carbocycles. The maximum absolute atomic E-state index is 11.8. The molecule has 2 N–H and O–H groups in total. The molecule has 118 valence electrons. The van der Waals surface area contributed by atoms with Gasteiger partial charge in [-0.2, -0.15) is 0 Å². The summed E-state index contributed by atoms with van der Waals surface area (Å²) in [4.78, 5) is 11.8. The monoisotopic (exact) mass is 293 g/mol. The van der Waals surface area contributed by atoms with Crippen LogP contribution < -0.4 is 10.1 Å². The molecule has 1 aromatic rings. The molecular formula is C17H27NO3. The van der Waals surface area contributed by atoms with Crippen LogP contribution in [0.2, 0.25) is 0 Å². The van der Waals surface area contributed by atoms with Gasteiger partial charge in [0, 0.05) is 6.54 Å². The van der Waals surface area contributed by atoms with E-state index in [1.165, 1.54) is 5.56 Å². The lowest BCUT2D eigenvalue weighted by atomic mass is 9.94. The summed E-state index contributed by atoms with van der Waals surface area (Å²) < 4.78 is 5.46. The van der Waals surface area contributed by atoms with Gasteiger partial charge in [-0.05, 0) is 56.4 Å². The highest BCUT2D eigenvalue weighted by Gasteiger charge is 2.22. The van der Waals surface area contributed by atoms with Crippen LogP contribution in [0, 0.1) is 19.8 Å². The summed E-state index contributed by atoms with van der Waals surface area (Å²) in [6.45, 7) is 10.0. The van der Waals surface area contributed by atoms with Gasteiger partial charge >= 0.3 is 0 Å². The van der Waals surface area contributed by atoms with Gasteiger partial charge in [-0.15, -0.1) is 0 Å². The third-order valence-corrected chi connectivity index (χ3v) is 3.36. The fourth-order valence-electron chi connectivity index (χ4n) is 2.24. The van der Waals surface area contributed by atoms with Crippen LogP contribution in [0.4, 0.5) is 0 Å². The molecule has 0 spiro atoms. The summed E-state index contributed by atoms with van der Waals surface area (Å²) in [5.74, 6) is 0.836. The molecule has 4 heteroatoms. The number of carbonyl (C=O) groups excluding carboxylic acids is 1. The Kier molecular flexibility index (Phi) is 6.21. The summed E-state index contributed by atoms with van der Waals surface area (Å²) in [6.07, 6.45) is 0.644. The molecule has 0 aliphatic carbocycles. The van der Waals surface area contributed by atoms with Gasteiger partial charge in [0.25, 0.3) is 5.91 Å². The summed E-state index contributed by atoms with van der Waals surface area (Å²) >= 11 is 0. The van der Waals surface area contributed by atoms with Gasteiger partial charge in [-0.1, -0.05) is 19.9 Å². The van der Waals surface area contributed by atoms with Crippen molar-refractivity contribution in [3.05, 3.63) is 29.3 Å². The van der Waals surface area contributed by atoms with Crippen LogP contribution >= 0.6 is 0 Å². The first-order valence-electron chi connectivity index (χ1n) is 7.39. The zero-order chi connectivity index (χ0) is 16.0. The molecule has 0 fully saturated rings. The van der Waals surface area contributed by atoms with Gasteiger partial charge in [-0.25, -0.2) is 0 Å². The zero-order valence-electron chi connectivity index (χ0n) is 13.7. The third kappa shape index (κ3) is 6.63. The summed E-state index contributed by atoms with van der Waals surface area (Å²) in [5, 5.41) is 12.8. The van der Waals surface area contributed by atoms with Crippen molar-refractivity contribution in [1.29, 1.82) is 0 Å². The van der Waals surface area contributed by atoms with Crippen molar-refractivity contribution in [2.24, 2.45) is 5.92 Å². The van der Waals surface area contributed by atoms with Crippen LogP contribution in [-0.2, 0) is 4.79 Å². The van der Waals surface area contributed by atoms with Crippen LogP contribution in [0.3, 0.4) is 0 Å². The van der Waals surface area contributed by atoms with Crippen LogP contribution in [-0.4, -0.2) is 29.8 Å². The minimum absolute atomic E-state index is 0.0414. The SMILES string of the molecule is Cc1ccc(OCC(=O)NCC(C)(O)CC(C)C)cc1C. The summed E-state index contributed by atoms with van der Waals surface area (Å²) in [7, 11) is 0. The molecule has 0 bridgehead atoms. The molecule has 0 saturated carbocycles. The van der Waals surface area contributed by atoms with Crippen LogP contribution in [0.1, 0.15) is 38.3 Å². The summed E-state index contributed by atoms with van der Waals surface area (Å²) in [6, 6.07) is 5.73. The second-order valence-electron chi connectivity index (χ2n) is 6.41. The van der Waals surface area contributed by atoms with Crippen molar-refractivity contribution in [1.82, 2.24) is 5.32 Å². The van der Waals surface area contributed by atoms with Gasteiger partial charge in [0.15, 0.2) is 6.61 Å². The Labute approximate surface area is 127 Å². The van der Waals surface area contributed by atoms with Crippen LogP contribution in [0.5, 0.6) is 5.75 Å². The van der Waals surface area contributed by atoms with Gasteiger partial charge < -0.3 is 15.2 Å². The molecule has 0 aliphatic heterocycles. The number of aryl methyl sites for hydroxylation is 2. The molecule has 0 radical (unpaired) electrons. The van der Waals surface area contributed by atoms with E-state index in [9.17, 15) is 9.90 Å². The fourth-order valence-corrected chi connectivity index (χ4v) is 2.24. The largest absolute Gasteiger partial charge is 0.484 e. The first-order chi connectivity index (χ1) is 9.69. The first-order valence-corrected chi connectivity index (χ1v) is 7.39. The van der Waals surface area contributed by atoms with Gasteiger partial charge in [0.1, 0.15) is 5.75 Å². The van der Waals surface area contributed by atoms with Crippen molar-refractivity contribution in [3.63, 3.8) is 0 Å². The Bertz CT molecular complexity index is 481. The van der Waals surface area contributed by atoms with Crippen molar-refractivity contribution < 1.29 is 14.6 Å². The highest BCUT2D eigenvalue weighted by atomic mass is 16.5. The van der Waals surface area contributed by atoms with E-state index in [1.807, 2.05) is 45.9 Å². The summed E-state index contributed by atoms with van der Waals surface area (Å²) in [5.41, 5.74) is 1.44. The quantitative estimate of drug-likeness (QED) is 0.812. The molecule has 0 aromatic heterocycles. The van der Waals surface area contributed by atoms with Crippen LogP contribution in [0.15, 0.2) is 18.2 Å². The Morgan fingerprint density at radius 2 is 2.00 bits per heavy atom. The molecule has 0 heterocycles. The number of hydrogen-bond donors (Lipinski definition) is 2. The van der Waals surface area contributed by atoms with E-state index in [2.05, 4.69) is 5.32 Å². The van der Waals surface area contributed by atoms with Crippen molar-refractivity contribution in [2.75, 3.05) is 13.2 Å². The Morgan fingerprint density at radius 1 is 1.33 bits per heavy atom. The number of amides is 1. The molecule has 4 nitrogen and oxygen atoms in total. The van der Waals surface area contributed by atoms with Gasteiger partial charge in [-0.3, -0.25) is 4.79 Å². The molecule has 1 amide bonds. The van der Waals surface area contributed by atoms with Crippen molar-refractivity contribution >= 4 is 5.91 Å². The highest BCUT2D eigenvalue weighted by molar-refractivity contribution is 5.77. The molecule has 0 aliphatic rings. The van der Waals surface area contributed by atoms with Gasteiger partial charge in [0.2, 0.25) is 0 Å². The molecule has 1 unspecified atom stereocenters. The zero-order valence-corrected chi connectivity index (χ0v) is 13.7. The Hall–Kier alpha value is -1.55. The molecule has 1 atom stereocenters. The molecule has 21 heavy (non-hydrogen) atoms. The Morgan fingerprint density at radius 3 is 2.57 bits per heavy atom. The van der Waals surface area contributed by atoms with Crippen molar-refractivity contribution in [3.8, 4) is 5.75 Å². The normalized spacial score (nSPS) is 13.9. The number of nitrogens with one attached hydrogen (secondary N) is 1. The van der Waals surface area contributed by atoms with E-state index in [0.717, 1.165) is 5.56 Å². The van der Waals surface area contributed by atoms with E-state index in [4.69, 9.17) is 4.74 Å². The first kappa shape index (κ1) is 17.5. The van der Waals surface area contributed by atoms with E-state index in [-0.39, 0.29) is 19.1 Å². The highest BCUT2D eigenvalue weighted by Crippen LogP contribution is 2.17. The third-order valence-electron chi connectivity index (χ3n) is 3.36. The number of hydrogen-bond acceptors (Lipinski definition) is 3. The minimum Gasteiger partial charge on any atom is -0.484 e. The maximum atomic E-state index is 11.8. The smallest absolute Gasteiger partial charge is 0.258 e. The number of carbonyl (C=O) groups is 1. The molecular weight excluding hydrogens is 266 g/mol. The second kappa shape index (κ2) is 7.46. The Balaban J connectivity index is 2.39. The maximum Gasteiger partial charge on any atom is 0.258 e. The minimum atomic E-state index is -0.885. The molecule has 0 saturated heterocycles. The van der Waals surface area contributed by atoms with E-state index < -0.39 is 5.60 Å². The predicted octanol–water partition coefficient (Wildman–Crippen LogP) is 2.60. The van der Waals surface area contributed by atoms with E-state index in [0.29, 0.717) is 18.1 Å². The lowest BCUT2D eigenvalue weighted by Gasteiger charge is -2.25. The van der Waals surface area contributed by atoms with E-state index >= 15 is 0 Å². The standard InChI is InChI=1S/C17H27NO3/c1-12(2)9-17(5,20)11-18-16(19)10-21-15-7-6-13(3)14(4)8-15/h6-8,12,20H,9-11H2,1-5H3,(H,18,19). The molecule has 1 rings (SSSR count). The van der Waals surface area contributed by atoms with Crippen molar-refractivity contribution in [2.45, 2.75) is 46.6 Å². The number of aliphatic hydroxyl groups is 1. The number of ether oxygens (including phenoxy) is 1. The lowest BCUT2D eigenvalue weighted by Crippen LogP contribution is -2.43. The topological polar surface area (TPSA) is 58.6 Å².